The number of aryl methyl sites for hydroxylation is 1. The van der Waals surface area contributed by atoms with Crippen molar-refractivity contribution in [3.05, 3.63) is 42.2 Å². The number of aromatic nitrogens is 3. The van der Waals surface area contributed by atoms with Gasteiger partial charge in [-0.1, -0.05) is 42.1 Å². The molecule has 23 heavy (non-hydrogen) atoms. The molecular weight excluding hydrogens is 316 g/mol. The van der Waals surface area contributed by atoms with E-state index in [1.54, 1.807) is 17.9 Å². The Morgan fingerprint density at radius 3 is 2.70 bits per heavy atom. The number of rotatable bonds is 7. The van der Waals surface area contributed by atoms with Crippen LogP contribution in [0.4, 0.5) is 0 Å². The van der Waals surface area contributed by atoms with Crippen LogP contribution in [-0.4, -0.2) is 45.5 Å². The van der Waals surface area contributed by atoms with Crippen molar-refractivity contribution < 1.29 is 14.3 Å². The fourth-order valence-electron chi connectivity index (χ4n) is 1.95. The van der Waals surface area contributed by atoms with Gasteiger partial charge in [0.05, 0.1) is 12.9 Å². The molecule has 0 fully saturated rings. The van der Waals surface area contributed by atoms with E-state index in [2.05, 4.69) is 15.5 Å². The highest BCUT2D eigenvalue weighted by molar-refractivity contribution is 7.99. The van der Waals surface area contributed by atoms with Crippen molar-refractivity contribution >= 4 is 23.6 Å². The number of nitrogens with zero attached hydrogens (tertiary/aromatic N) is 3. The van der Waals surface area contributed by atoms with Gasteiger partial charge in [-0.05, 0) is 5.56 Å². The minimum Gasteiger partial charge on any atom is -0.467 e. The van der Waals surface area contributed by atoms with E-state index in [9.17, 15) is 9.59 Å². The van der Waals surface area contributed by atoms with E-state index in [0.717, 1.165) is 5.56 Å². The second-order valence-electron chi connectivity index (χ2n) is 4.85. The predicted octanol–water partition coefficient (Wildman–Crippen LogP) is 0.808. The number of carbonyl (C=O) groups is 2. The third-order valence-corrected chi connectivity index (χ3v) is 4.14. The number of amides is 1. The minimum atomic E-state index is -0.713. The second kappa shape index (κ2) is 8.33. The standard InChI is InChI=1S/C15H18N4O3S/c1-19-10-16-18-15(19)23-9-13(20)17-12(14(21)22-2)8-11-6-4-3-5-7-11/h3-7,10,12H,8-9H2,1-2H3,(H,17,20)/t12-/m0/s1. The Morgan fingerprint density at radius 2 is 2.09 bits per heavy atom. The quantitative estimate of drug-likeness (QED) is 0.596. The Bertz CT molecular complexity index is 660. The van der Waals surface area contributed by atoms with Gasteiger partial charge in [0.2, 0.25) is 5.91 Å². The molecule has 0 spiro atoms. The smallest absolute Gasteiger partial charge is 0.328 e. The van der Waals surface area contributed by atoms with Crippen molar-refractivity contribution in [1.82, 2.24) is 20.1 Å². The number of hydrogen-bond acceptors (Lipinski definition) is 6. The molecule has 2 aromatic rings. The van der Waals surface area contributed by atoms with Gasteiger partial charge in [0.1, 0.15) is 12.4 Å². The number of hydrogen-bond donors (Lipinski definition) is 1. The van der Waals surface area contributed by atoms with Gasteiger partial charge in [0.25, 0.3) is 0 Å². The van der Waals surface area contributed by atoms with Crippen molar-refractivity contribution in [1.29, 1.82) is 0 Å². The highest BCUT2D eigenvalue weighted by atomic mass is 32.2. The van der Waals surface area contributed by atoms with Gasteiger partial charge in [-0.15, -0.1) is 10.2 Å². The van der Waals surface area contributed by atoms with Crippen LogP contribution < -0.4 is 5.32 Å². The molecule has 122 valence electrons. The lowest BCUT2D eigenvalue weighted by Crippen LogP contribution is -2.43. The highest BCUT2D eigenvalue weighted by Crippen LogP contribution is 2.13. The summed E-state index contributed by atoms with van der Waals surface area (Å²) in [5.74, 6) is -0.579. The van der Waals surface area contributed by atoms with Crippen LogP contribution in [0.5, 0.6) is 0 Å². The van der Waals surface area contributed by atoms with Crippen LogP contribution in [-0.2, 0) is 27.8 Å². The maximum absolute atomic E-state index is 12.1. The SMILES string of the molecule is COC(=O)[C@H](Cc1ccccc1)NC(=O)CSc1nncn1C. The summed E-state index contributed by atoms with van der Waals surface area (Å²) < 4.78 is 6.49. The zero-order valence-corrected chi connectivity index (χ0v) is 13.7. The molecule has 0 saturated carbocycles. The molecule has 0 aliphatic carbocycles. The van der Waals surface area contributed by atoms with Crippen molar-refractivity contribution in [2.24, 2.45) is 7.05 Å². The summed E-state index contributed by atoms with van der Waals surface area (Å²) in [5, 5.41) is 11.0. The molecule has 0 saturated heterocycles. The topological polar surface area (TPSA) is 86.1 Å². The second-order valence-corrected chi connectivity index (χ2v) is 5.79. The van der Waals surface area contributed by atoms with Crippen molar-refractivity contribution in [2.75, 3.05) is 12.9 Å². The van der Waals surface area contributed by atoms with Gasteiger partial charge in [-0.3, -0.25) is 4.79 Å². The molecule has 1 aromatic heterocycles. The lowest BCUT2D eigenvalue weighted by Gasteiger charge is -2.16. The molecule has 2 rings (SSSR count). The third kappa shape index (κ3) is 5.10. The van der Waals surface area contributed by atoms with Crippen molar-refractivity contribution in [3.8, 4) is 0 Å². The van der Waals surface area contributed by atoms with E-state index in [1.165, 1.54) is 18.9 Å². The lowest BCUT2D eigenvalue weighted by atomic mass is 10.1. The van der Waals surface area contributed by atoms with Gasteiger partial charge in [-0.2, -0.15) is 0 Å². The van der Waals surface area contributed by atoms with Crippen LogP contribution in [0, 0.1) is 0 Å². The third-order valence-electron chi connectivity index (χ3n) is 3.11. The Balaban J connectivity index is 1.93. The van der Waals surface area contributed by atoms with E-state index >= 15 is 0 Å². The largest absolute Gasteiger partial charge is 0.467 e. The predicted molar refractivity (Wildman–Crippen MR) is 85.8 cm³/mol. The summed E-state index contributed by atoms with van der Waals surface area (Å²) >= 11 is 1.25. The first-order valence-corrected chi connectivity index (χ1v) is 7.96. The van der Waals surface area contributed by atoms with Gasteiger partial charge >= 0.3 is 5.97 Å². The zero-order valence-electron chi connectivity index (χ0n) is 12.9. The Labute approximate surface area is 138 Å². The number of benzene rings is 1. The van der Waals surface area contributed by atoms with E-state index in [0.29, 0.717) is 11.6 Å². The summed E-state index contributed by atoms with van der Waals surface area (Å²) in [6.45, 7) is 0. The number of carbonyl (C=O) groups excluding carboxylic acids is 2. The van der Waals surface area contributed by atoms with Crippen LogP contribution in [0.3, 0.4) is 0 Å². The molecular formula is C15H18N4O3S. The molecule has 1 aromatic carbocycles. The van der Waals surface area contributed by atoms with E-state index in [1.807, 2.05) is 30.3 Å². The molecule has 7 nitrogen and oxygen atoms in total. The molecule has 0 bridgehead atoms. The summed E-state index contributed by atoms with van der Waals surface area (Å²) in [4.78, 5) is 23.9. The Morgan fingerprint density at radius 1 is 1.35 bits per heavy atom. The van der Waals surface area contributed by atoms with Crippen LogP contribution in [0.2, 0.25) is 0 Å². The first-order chi connectivity index (χ1) is 11.1. The maximum atomic E-state index is 12.1. The summed E-state index contributed by atoms with van der Waals surface area (Å²) in [7, 11) is 3.10. The molecule has 0 aliphatic rings. The van der Waals surface area contributed by atoms with Crippen molar-refractivity contribution in [2.45, 2.75) is 17.6 Å². The van der Waals surface area contributed by atoms with Gasteiger partial charge in [0, 0.05) is 13.5 Å². The number of ether oxygens (including phenoxy) is 1. The first kappa shape index (κ1) is 17.0. The van der Waals surface area contributed by atoms with Crippen LogP contribution in [0.25, 0.3) is 0 Å². The van der Waals surface area contributed by atoms with Gasteiger partial charge in [-0.25, -0.2) is 4.79 Å². The lowest BCUT2D eigenvalue weighted by molar-refractivity contribution is -0.144. The molecule has 0 unspecified atom stereocenters. The normalized spacial score (nSPS) is 11.7. The summed E-state index contributed by atoms with van der Waals surface area (Å²) in [6.07, 6.45) is 1.95. The zero-order chi connectivity index (χ0) is 16.7. The summed E-state index contributed by atoms with van der Waals surface area (Å²) in [6, 6.07) is 8.75. The summed E-state index contributed by atoms with van der Waals surface area (Å²) in [5.41, 5.74) is 0.948. The molecule has 0 aliphatic heterocycles. The fourth-order valence-corrected chi connectivity index (χ4v) is 2.65. The maximum Gasteiger partial charge on any atom is 0.328 e. The average molecular weight is 334 g/mol. The van der Waals surface area contributed by atoms with E-state index in [-0.39, 0.29) is 11.7 Å². The van der Waals surface area contributed by atoms with Crippen LogP contribution >= 0.6 is 11.8 Å². The van der Waals surface area contributed by atoms with E-state index in [4.69, 9.17) is 4.74 Å². The van der Waals surface area contributed by atoms with Gasteiger partial charge < -0.3 is 14.6 Å². The Kier molecular flexibility index (Phi) is 6.16. The first-order valence-electron chi connectivity index (χ1n) is 6.98. The van der Waals surface area contributed by atoms with Crippen LogP contribution in [0.1, 0.15) is 5.56 Å². The number of thioether (sulfide) groups is 1. The number of nitrogens with one attached hydrogen (secondary N) is 1. The monoisotopic (exact) mass is 334 g/mol. The molecule has 0 radical (unpaired) electrons. The van der Waals surface area contributed by atoms with E-state index < -0.39 is 12.0 Å². The molecule has 8 heteroatoms. The minimum absolute atomic E-state index is 0.148. The number of methoxy groups -OCH3 is 1. The molecule has 1 heterocycles. The van der Waals surface area contributed by atoms with Gasteiger partial charge in [0.15, 0.2) is 5.16 Å². The molecule has 1 amide bonds. The fraction of sp³-hybridized carbons (Fsp3) is 0.333. The average Bonchev–Trinajstić information content (AvgIpc) is 2.97. The highest BCUT2D eigenvalue weighted by Gasteiger charge is 2.22. The molecule has 1 atom stereocenters. The van der Waals surface area contributed by atoms with Crippen LogP contribution in [0.15, 0.2) is 41.8 Å². The molecule has 1 N–H and O–H groups in total. The number of esters is 1. The Hall–Kier alpha value is -2.35. The van der Waals surface area contributed by atoms with Crippen molar-refractivity contribution in [3.63, 3.8) is 0 Å².